The molecular weight excluding hydrogens is 414 g/mol. The molecule has 32 heavy (non-hydrogen) atoms. The van der Waals surface area contributed by atoms with Crippen LogP contribution in [0, 0.1) is 6.92 Å². The first kappa shape index (κ1) is 21.1. The number of carbonyl (C=O) groups excluding carboxylic acids is 2. The third-order valence-electron chi connectivity index (χ3n) is 4.70. The molecule has 9 nitrogen and oxygen atoms in total. The molecule has 0 aliphatic heterocycles. The van der Waals surface area contributed by atoms with Crippen LogP contribution < -0.4 is 10.1 Å². The fourth-order valence-corrected chi connectivity index (χ4v) is 3.13. The lowest BCUT2D eigenvalue weighted by Gasteiger charge is -2.14. The molecule has 3 heterocycles. The number of nitrogens with zero attached hydrogens (tertiary/aromatic N) is 2. The maximum atomic E-state index is 13.0. The monoisotopic (exact) mass is 435 g/mol. The van der Waals surface area contributed by atoms with Crippen molar-refractivity contribution in [2.45, 2.75) is 26.9 Å². The predicted molar refractivity (Wildman–Crippen MR) is 115 cm³/mol. The molecule has 0 radical (unpaired) electrons. The van der Waals surface area contributed by atoms with E-state index in [0.29, 0.717) is 40.6 Å². The van der Waals surface area contributed by atoms with Gasteiger partial charge in [-0.25, -0.2) is 9.78 Å². The van der Waals surface area contributed by atoms with Gasteiger partial charge < -0.3 is 23.7 Å². The molecule has 0 fully saturated rings. The topological polar surface area (TPSA) is 117 Å². The molecule has 3 aromatic heterocycles. The number of pyridine rings is 1. The summed E-state index contributed by atoms with van der Waals surface area (Å²) in [5, 5.41) is 7.02. The Labute approximate surface area is 183 Å². The van der Waals surface area contributed by atoms with Gasteiger partial charge in [0.25, 0.3) is 11.6 Å². The SMILES string of the molecule is CCOc1ccc(NC(=O)C(C)OC(=O)c2cc(-c3ccco3)nc3onc(C)c23)cc1. The smallest absolute Gasteiger partial charge is 0.339 e. The van der Waals surface area contributed by atoms with Gasteiger partial charge in [0.1, 0.15) is 11.4 Å². The Kier molecular flexibility index (Phi) is 5.89. The zero-order valence-corrected chi connectivity index (χ0v) is 17.7. The number of hydrogen-bond acceptors (Lipinski definition) is 8. The van der Waals surface area contributed by atoms with Crippen molar-refractivity contribution >= 4 is 28.7 Å². The molecular formula is C23H21N3O6. The summed E-state index contributed by atoms with van der Waals surface area (Å²) >= 11 is 0. The minimum atomic E-state index is -1.05. The van der Waals surface area contributed by atoms with Crippen LogP contribution in [0.2, 0.25) is 0 Å². The lowest BCUT2D eigenvalue weighted by Crippen LogP contribution is -2.30. The summed E-state index contributed by atoms with van der Waals surface area (Å²) in [4.78, 5) is 29.9. The lowest BCUT2D eigenvalue weighted by atomic mass is 10.1. The number of nitrogens with one attached hydrogen (secondary N) is 1. The predicted octanol–water partition coefficient (Wildman–Crippen LogP) is 4.37. The Bertz CT molecular complexity index is 1240. The second kappa shape index (κ2) is 8.93. The molecule has 9 heteroatoms. The lowest BCUT2D eigenvalue weighted by molar-refractivity contribution is -0.123. The number of fused-ring (bicyclic) bond motifs is 1. The molecule has 0 aliphatic rings. The second-order valence-electron chi connectivity index (χ2n) is 6.97. The summed E-state index contributed by atoms with van der Waals surface area (Å²) in [6, 6.07) is 11.9. The van der Waals surface area contributed by atoms with Gasteiger partial charge in [-0.15, -0.1) is 0 Å². The van der Waals surface area contributed by atoms with Crippen molar-refractivity contribution in [1.82, 2.24) is 10.1 Å². The quantitative estimate of drug-likeness (QED) is 0.425. The van der Waals surface area contributed by atoms with Crippen molar-refractivity contribution in [2.24, 2.45) is 0 Å². The van der Waals surface area contributed by atoms with Crippen LogP contribution in [-0.2, 0) is 9.53 Å². The van der Waals surface area contributed by atoms with E-state index in [0.717, 1.165) is 0 Å². The minimum Gasteiger partial charge on any atom is -0.494 e. The van der Waals surface area contributed by atoms with Gasteiger partial charge in [-0.2, -0.15) is 0 Å². The number of ether oxygens (including phenoxy) is 2. The van der Waals surface area contributed by atoms with Crippen LogP contribution in [0.1, 0.15) is 29.9 Å². The van der Waals surface area contributed by atoms with Gasteiger partial charge in [0.15, 0.2) is 11.9 Å². The number of aromatic nitrogens is 2. The first-order valence-corrected chi connectivity index (χ1v) is 10.0. The van der Waals surface area contributed by atoms with Crippen LogP contribution in [0.25, 0.3) is 22.6 Å². The minimum absolute atomic E-state index is 0.176. The summed E-state index contributed by atoms with van der Waals surface area (Å²) in [5.41, 5.74) is 1.78. The van der Waals surface area contributed by atoms with Gasteiger partial charge in [0.05, 0.1) is 29.5 Å². The molecule has 0 aliphatic carbocycles. The molecule has 1 amide bonds. The molecule has 1 unspecified atom stereocenters. The zero-order valence-electron chi connectivity index (χ0n) is 17.7. The highest BCUT2D eigenvalue weighted by molar-refractivity contribution is 6.05. The van der Waals surface area contributed by atoms with Gasteiger partial charge in [-0.1, -0.05) is 5.16 Å². The van der Waals surface area contributed by atoms with Crippen LogP contribution in [0.5, 0.6) is 5.75 Å². The molecule has 0 saturated carbocycles. The summed E-state index contributed by atoms with van der Waals surface area (Å²) in [7, 11) is 0. The maximum absolute atomic E-state index is 13.0. The van der Waals surface area contributed by atoms with Gasteiger partial charge in [-0.05, 0) is 63.2 Å². The Morgan fingerprint density at radius 1 is 1.19 bits per heavy atom. The molecule has 0 spiro atoms. The van der Waals surface area contributed by atoms with Crippen molar-refractivity contribution in [3.05, 3.63) is 60.0 Å². The van der Waals surface area contributed by atoms with Gasteiger partial charge >= 0.3 is 5.97 Å². The van der Waals surface area contributed by atoms with Crippen molar-refractivity contribution in [3.8, 4) is 17.2 Å². The van der Waals surface area contributed by atoms with E-state index in [1.54, 1.807) is 43.3 Å². The van der Waals surface area contributed by atoms with E-state index in [4.69, 9.17) is 18.4 Å². The Hall–Kier alpha value is -4.14. The van der Waals surface area contributed by atoms with Crippen LogP contribution in [0.4, 0.5) is 5.69 Å². The fraction of sp³-hybridized carbons (Fsp3) is 0.217. The normalized spacial score (nSPS) is 11.8. The largest absolute Gasteiger partial charge is 0.494 e. The van der Waals surface area contributed by atoms with Gasteiger partial charge in [0, 0.05) is 5.69 Å². The highest BCUT2D eigenvalue weighted by Gasteiger charge is 2.25. The Morgan fingerprint density at radius 2 is 1.97 bits per heavy atom. The zero-order chi connectivity index (χ0) is 22.7. The van der Waals surface area contributed by atoms with Crippen LogP contribution in [0.15, 0.2) is 57.7 Å². The average molecular weight is 435 g/mol. The van der Waals surface area contributed by atoms with Gasteiger partial charge in [0.2, 0.25) is 0 Å². The highest BCUT2D eigenvalue weighted by Crippen LogP contribution is 2.28. The van der Waals surface area contributed by atoms with Gasteiger partial charge in [-0.3, -0.25) is 4.79 Å². The average Bonchev–Trinajstić information content (AvgIpc) is 3.45. The number of esters is 1. The van der Waals surface area contributed by atoms with Crippen molar-refractivity contribution in [1.29, 1.82) is 0 Å². The third kappa shape index (κ3) is 4.31. The number of furan rings is 1. The number of aryl methyl sites for hydroxylation is 1. The Balaban J connectivity index is 1.52. The van der Waals surface area contributed by atoms with Crippen LogP contribution in [0.3, 0.4) is 0 Å². The fourth-order valence-electron chi connectivity index (χ4n) is 3.13. The van der Waals surface area contributed by atoms with Crippen LogP contribution >= 0.6 is 0 Å². The first-order chi connectivity index (χ1) is 15.5. The van der Waals surface area contributed by atoms with E-state index in [1.807, 2.05) is 6.92 Å². The second-order valence-corrected chi connectivity index (χ2v) is 6.97. The first-order valence-electron chi connectivity index (χ1n) is 10.0. The summed E-state index contributed by atoms with van der Waals surface area (Å²) in [5.74, 6) is -0.0219. The number of amides is 1. The number of hydrogen-bond donors (Lipinski definition) is 1. The molecule has 1 aromatic carbocycles. The number of carbonyl (C=O) groups is 2. The molecule has 4 rings (SSSR count). The third-order valence-corrected chi connectivity index (χ3v) is 4.70. The maximum Gasteiger partial charge on any atom is 0.339 e. The van der Waals surface area contributed by atoms with Crippen molar-refractivity contribution < 1.29 is 28.0 Å². The van der Waals surface area contributed by atoms with E-state index >= 15 is 0 Å². The molecule has 1 N–H and O–H groups in total. The molecule has 1 atom stereocenters. The highest BCUT2D eigenvalue weighted by atomic mass is 16.5. The van der Waals surface area contributed by atoms with E-state index in [1.165, 1.54) is 19.3 Å². The van der Waals surface area contributed by atoms with E-state index in [2.05, 4.69) is 15.5 Å². The molecule has 0 saturated heterocycles. The molecule has 0 bridgehead atoms. The number of benzene rings is 1. The Morgan fingerprint density at radius 3 is 2.66 bits per heavy atom. The van der Waals surface area contributed by atoms with Crippen LogP contribution in [-0.4, -0.2) is 34.7 Å². The standard InChI is InChI=1S/C23H21N3O6/c1-4-29-16-9-7-15(8-10-16)24-21(27)14(3)31-23(28)17-12-18(19-6-5-11-30-19)25-22-20(17)13(2)26-32-22/h5-12,14H,4H2,1-3H3,(H,24,27). The van der Waals surface area contributed by atoms with E-state index in [-0.39, 0.29) is 11.3 Å². The van der Waals surface area contributed by atoms with E-state index in [9.17, 15) is 9.59 Å². The van der Waals surface area contributed by atoms with Crippen molar-refractivity contribution in [3.63, 3.8) is 0 Å². The van der Waals surface area contributed by atoms with E-state index < -0.39 is 18.0 Å². The summed E-state index contributed by atoms with van der Waals surface area (Å²) in [6.07, 6.45) is 0.447. The van der Waals surface area contributed by atoms with Crippen molar-refractivity contribution in [2.75, 3.05) is 11.9 Å². The summed E-state index contributed by atoms with van der Waals surface area (Å²) < 4.78 is 21.4. The molecule has 4 aromatic rings. The number of anilines is 1. The summed E-state index contributed by atoms with van der Waals surface area (Å²) in [6.45, 7) is 5.63. The number of rotatable bonds is 7. The molecule has 164 valence electrons.